The van der Waals surface area contributed by atoms with Crippen molar-refractivity contribution in [2.75, 3.05) is 12.3 Å². The molecule has 0 bridgehead atoms. The molecule has 0 aromatic heterocycles. The Morgan fingerprint density at radius 3 is 2.87 bits per heavy atom. The first-order valence-corrected chi connectivity index (χ1v) is 6.32. The molecule has 1 aromatic carbocycles. The Balaban J connectivity index is 2.12. The molecule has 1 saturated heterocycles. The monoisotopic (exact) mass is 225 g/mol. The number of hydrogen-bond donors (Lipinski definition) is 1. The molecule has 82 valence electrons. The molecule has 1 aromatic rings. The van der Waals surface area contributed by atoms with Gasteiger partial charge in [0.1, 0.15) is 5.82 Å². The van der Waals surface area contributed by atoms with E-state index in [1.807, 2.05) is 23.9 Å². The maximum atomic E-state index is 13.4. The van der Waals surface area contributed by atoms with Crippen LogP contribution in [-0.2, 0) is 0 Å². The maximum absolute atomic E-state index is 13.4. The van der Waals surface area contributed by atoms with Gasteiger partial charge in [0.05, 0.1) is 0 Å². The first kappa shape index (κ1) is 11.0. The van der Waals surface area contributed by atoms with Crippen molar-refractivity contribution in [3.8, 4) is 0 Å². The van der Waals surface area contributed by atoms with Crippen molar-refractivity contribution in [2.24, 2.45) is 0 Å². The van der Waals surface area contributed by atoms with E-state index in [0.29, 0.717) is 11.3 Å². The van der Waals surface area contributed by atoms with Gasteiger partial charge in [-0.1, -0.05) is 19.1 Å². The van der Waals surface area contributed by atoms with E-state index in [1.54, 1.807) is 13.0 Å². The molecule has 1 aliphatic rings. The highest BCUT2D eigenvalue weighted by Gasteiger charge is 2.19. The lowest BCUT2D eigenvalue weighted by Gasteiger charge is -2.27. The summed E-state index contributed by atoms with van der Waals surface area (Å²) in [5, 5.41) is 4.11. The van der Waals surface area contributed by atoms with Gasteiger partial charge in [0, 0.05) is 23.6 Å². The molecule has 2 atom stereocenters. The summed E-state index contributed by atoms with van der Waals surface area (Å²) in [5.74, 6) is 0.932. The lowest BCUT2D eigenvalue weighted by molar-refractivity contribution is 0.555. The van der Waals surface area contributed by atoms with Crippen LogP contribution in [0.3, 0.4) is 0 Å². The van der Waals surface area contributed by atoms with Gasteiger partial charge in [-0.15, -0.1) is 0 Å². The minimum absolute atomic E-state index is 0.0991. The Morgan fingerprint density at radius 1 is 1.47 bits per heavy atom. The molecule has 1 aliphatic heterocycles. The highest BCUT2D eigenvalue weighted by molar-refractivity contribution is 8.00. The lowest BCUT2D eigenvalue weighted by atomic mass is 10.1. The van der Waals surface area contributed by atoms with E-state index in [2.05, 4.69) is 12.2 Å². The van der Waals surface area contributed by atoms with E-state index in [1.165, 1.54) is 0 Å². The number of hydrogen-bond acceptors (Lipinski definition) is 2. The van der Waals surface area contributed by atoms with Crippen molar-refractivity contribution in [3.05, 3.63) is 35.1 Å². The average molecular weight is 225 g/mol. The van der Waals surface area contributed by atoms with Crippen LogP contribution < -0.4 is 5.32 Å². The molecule has 0 saturated carbocycles. The van der Waals surface area contributed by atoms with Gasteiger partial charge < -0.3 is 5.32 Å². The second-order valence-corrected chi connectivity index (χ2v) is 5.58. The summed E-state index contributed by atoms with van der Waals surface area (Å²) in [6.07, 6.45) is 0. The molecule has 0 amide bonds. The van der Waals surface area contributed by atoms with Crippen LogP contribution in [0.5, 0.6) is 0 Å². The van der Waals surface area contributed by atoms with Crippen molar-refractivity contribution < 1.29 is 4.39 Å². The fraction of sp³-hybridized carbons (Fsp3) is 0.500. The molecule has 3 heteroatoms. The Bertz CT molecular complexity index is 345. The summed E-state index contributed by atoms with van der Waals surface area (Å²) in [4.78, 5) is 0. The Labute approximate surface area is 94.5 Å². The fourth-order valence-corrected chi connectivity index (χ4v) is 2.77. The molecule has 1 N–H and O–H groups in total. The molecule has 1 heterocycles. The molecule has 2 rings (SSSR count). The molecular formula is C12H16FNS. The quantitative estimate of drug-likeness (QED) is 0.788. The van der Waals surface area contributed by atoms with Gasteiger partial charge in [-0.3, -0.25) is 0 Å². The second kappa shape index (κ2) is 4.54. The number of halogens is 1. The molecule has 15 heavy (non-hydrogen) atoms. The first-order chi connectivity index (χ1) is 7.16. The van der Waals surface area contributed by atoms with Gasteiger partial charge in [0.2, 0.25) is 0 Å². The van der Waals surface area contributed by atoms with Gasteiger partial charge in [0.15, 0.2) is 0 Å². The summed E-state index contributed by atoms with van der Waals surface area (Å²) < 4.78 is 13.4. The third-order valence-corrected chi connectivity index (χ3v) is 4.06. The SMILES string of the molecule is Cc1ccc(C2CSC(C)CN2)cc1F. The van der Waals surface area contributed by atoms with Gasteiger partial charge in [-0.05, 0) is 24.1 Å². The highest BCUT2D eigenvalue weighted by atomic mass is 32.2. The number of nitrogens with one attached hydrogen (secondary N) is 1. The summed E-state index contributed by atoms with van der Waals surface area (Å²) in [6.45, 7) is 5.01. The third-order valence-electron chi connectivity index (χ3n) is 2.80. The largest absolute Gasteiger partial charge is 0.308 e. The van der Waals surface area contributed by atoms with Gasteiger partial charge in [-0.25, -0.2) is 4.39 Å². The standard InChI is InChI=1S/C12H16FNS/c1-8-3-4-10(5-11(8)13)12-7-15-9(2)6-14-12/h3-5,9,12,14H,6-7H2,1-2H3. The van der Waals surface area contributed by atoms with Crippen molar-refractivity contribution in [2.45, 2.75) is 25.1 Å². The maximum Gasteiger partial charge on any atom is 0.126 e. The number of rotatable bonds is 1. The molecule has 1 nitrogen and oxygen atoms in total. The van der Waals surface area contributed by atoms with Crippen LogP contribution in [0.4, 0.5) is 4.39 Å². The fourth-order valence-electron chi connectivity index (χ4n) is 1.73. The zero-order valence-corrected chi connectivity index (χ0v) is 9.90. The van der Waals surface area contributed by atoms with Crippen LogP contribution in [-0.4, -0.2) is 17.5 Å². The second-order valence-electron chi connectivity index (χ2n) is 4.11. The minimum atomic E-state index is -0.0991. The molecule has 2 unspecified atom stereocenters. The highest BCUT2D eigenvalue weighted by Crippen LogP contribution is 2.26. The topological polar surface area (TPSA) is 12.0 Å². The first-order valence-electron chi connectivity index (χ1n) is 5.28. The zero-order chi connectivity index (χ0) is 10.8. The predicted octanol–water partition coefficient (Wildman–Crippen LogP) is 2.90. The Morgan fingerprint density at radius 2 is 2.27 bits per heavy atom. The van der Waals surface area contributed by atoms with Crippen LogP contribution in [0.2, 0.25) is 0 Å². The van der Waals surface area contributed by atoms with Crippen LogP contribution in [0.25, 0.3) is 0 Å². The van der Waals surface area contributed by atoms with E-state index in [-0.39, 0.29) is 5.82 Å². The van der Waals surface area contributed by atoms with Gasteiger partial charge in [0.25, 0.3) is 0 Å². The van der Waals surface area contributed by atoms with Crippen LogP contribution in [0.1, 0.15) is 24.1 Å². The van der Waals surface area contributed by atoms with E-state index in [9.17, 15) is 4.39 Å². The molecule has 1 fully saturated rings. The number of benzene rings is 1. The average Bonchev–Trinajstić information content (AvgIpc) is 2.23. The van der Waals surface area contributed by atoms with E-state index in [0.717, 1.165) is 23.4 Å². The van der Waals surface area contributed by atoms with Crippen molar-refractivity contribution >= 4 is 11.8 Å². The molecule has 0 radical (unpaired) electrons. The Hall–Kier alpha value is -0.540. The summed E-state index contributed by atoms with van der Waals surface area (Å²) in [7, 11) is 0. The minimum Gasteiger partial charge on any atom is -0.308 e. The molecule has 0 spiro atoms. The number of thioether (sulfide) groups is 1. The molecular weight excluding hydrogens is 209 g/mol. The van der Waals surface area contributed by atoms with E-state index in [4.69, 9.17) is 0 Å². The predicted molar refractivity (Wildman–Crippen MR) is 63.8 cm³/mol. The summed E-state index contributed by atoms with van der Waals surface area (Å²) >= 11 is 1.95. The molecule has 0 aliphatic carbocycles. The Kier molecular flexibility index (Phi) is 3.32. The van der Waals surface area contributed by atoms with Crippen LogP contribution >= 0.6 is 11.8 Å². The van der Waals surface area contributed by atoms with Crippen molar-refractivity contribution in [3.63, 3.8) is 0 Å². The van der Waals surface area contributed by atoms with E-state index < -0.39 is 0 Å². The van der Waals surface area contributed by atoms with Gasteiger partial charge >= 0.3 is 0 Å². The van der Waals surface area contributed by atoms with Crippen LogP contribution in [0, 0.1) is 12.7 Å². The smallest absolute Gasteiger partial charge is 0.126 e. The zero-order valence-electron chi connectivity index (χ0n) is 9.09. The normalized spacial score (nSPS) is 26.6. The van der Waals surface area contributed by atoms with Gasteiger partial charge in [-0.2, -0.15) is 11.8 Å². The number of aryl methyl sites for hydroxylation is 1. The van der Waals surface area contributed by atoms with Crippen molar-refractivity contribution in [1.29, 1.82) is 0 Å². The van der Waals surface area contributed by atoms with E-state index >= 15 is 0 Å². The summed E-state index contributed by atoms with van der Waals surface area (Å²) in [6, 6.07) is 5.84. The summed E-state index contributed by atoms with van der Waals surface area (Å²) in [5.41, 5.74) is 1.79. The van der Waals surface area contributed by atoms with Crippen molar-refractivity contribution in [1.82, 2.24) is 5.32 Å². The third kappa shape index (κ3) is 2.52. The lowest BCUT2D eigenvalue weighted by Crippen LogP contribution is -2.34. The van der Waals surface area contributed by atoms with Crippen LogP contribution in [0.15, 0.2) is 18.2 Å².